The van der Waals surface area contributed by atoms with E-state index < -0.39 is 5.97 Å². The molecule has 1 atom stereocenters. The lowest BCUT2D eigenvalue weighted by molar-refractivity contribution is -0.137. The van der Waals surface area contributed by atoms with Crippen molar-refractivity contribution < 1.29 is 19.4 Å². The quantitative estimate of drug-likeness (QED) is 0.499. The number of carbonyl (C=O) groups is 2. The fraction of sp³-hybridized carbons (Fsp3) is 0.846. The van der Waals surface area contributed by atoms with Crippen LogP contribution in [0, 0.1) is 5.92 Å². The molecule has 0 radical (unpaired) electrons. The summed E-state index contributed by atoms with van der Waals surface area (Å²) in [6.07, 6.45) is 3.41. The summed E-state index contributed by atoms with van der Waals surface area (Å²) in [5, 5.41) is 14.1. The third-order valence-corrected chi connectivity index (χ3v) is 2.99. The Bertz CT molecular complexity index is 259. The molecule has 112 valence electrons. The smallest absolute Gasteiger partial charge is 0.314 e. The Morgan fingerprint density at radius 1 is 1.21 bits per heavy atom. The number of ether oxygens (including phenoxy) is 1. The van der Waals surface area contributed by atoms with Crippen LogP contribution in [0.25, 0.3) is 0 Å². The first-order valence-electron chi connectivity index (χ1n) is 6.82. The molecule has 0 aromatic heterocycles. The van der Waals surface area contributed by atoms with E-state index in [9.17, 15) is 9.59 Å². The van der Waals surface area contributed by atoms with Gasteiger partial charge in [0.15, 0.2) is 0 Å². The molecule has 6 heteroatoms. The lowest BCUT2D eigenvalue weighted by Crippen LogP contribution is -2.37. The molecule has 0 rings (SSSR count). The number of amides is 2. The molecular weight excluding hydrogens is 248 g/mol. The first-order chi connectivity index (χ1) is 9.10. The Morgan fingerprint density at radius 2 is 1.89 bits per heavy atom. The lowest BCUT2D eigenvalue weighted by Gasteiger charge is -2.14. The Morgan fingerprint density at radius 3 is 2.47 bits per heavy atom. The summed E-state index contributed by atoms with van der Waals surface area (Å²) in [5.41, 5.74) is 0. The number of aliphatic carboxylic acids is 1. The Hall–Kier alpha value is -1.30. The SMILES string of the molecule is CCC(CCNC(=O)NCCCOC)CCC(=O)O. The van der Waals surface area contributed by atoms with Crippen molar-refractivity contribution in [1.82, 2.24) is 10.6 Å². The number of hydrogen-bond acceptors (Lipinski definition) is 3. The third-order valence-electron chi connectivity index (χ3n) is 2.99. The number of urea groups is 1. The van der Waals surface area contributed by atoms with E-state index in [2.05, 4.69) is 10.6 Å². The van der Waals surface area contributed by atoms with Crippen molar-refractivity contribution in [1.29, 1.82) is 0 Å². The zero-order valence-electron chi connectivity index (χ0n) is 11.9. The lowest BCUT2D eigenvalue weighted by atomic mass is 9.97. The maximum atomic E-state index is 11.4. The molecule has 0 aliphatic carbocycles. The molecule has 0 aromatic rings. The summed E-state index contributed by atoms with van der Waals surface area (Å²) in [4.78, 5) is 21.9. The van der Waals surface area contributed by atoms with Crippen LogP contribution < -0.4 is 10.6 Å². The van der Waals surface area contributed by atoms with Crippen LogP contribution in [0.3, 0.4) is 0 Å². The van der Waals surface area contributed by atoms with Crippen LogP contribution in [0.4, 0.5) is 4.79 Å². The van der Waals surface area contributed by atoms with E-state index in [1.807, 2.05) is 6.92 Å². The normalized spacial score (nSPS) is 11.9. The van der Waals surface area contributed by atoms with Crippen LogP contribution in [0.5, 0.6) is 0 Å². The van der Waals surface area contributed by atoms with E-state index in [0.717, 1.165) is 19.3 Å². The second-order valence-electron chi connectivity index (χ2n) is 4.52. The summed E-state index contributed by atoms with van der Waals surface area (Å²) in [6, 6.07) is -0.177. The minimum atomic E-state index is -0.762. The minimum Gasteiger partial charge on any atom is -0.481 e. The zero-order valence-corrected chi connectivity index (χ0v) is 11.9. The molecule has 0 aromatic carbocycles. The number of methoxy groups -OCH3 is 1. The third kappa shape index (κ3) is 11.5. The van der Waals surface area contributed by atoms with Crippen molar-refractivity contribution in [3.05, 3.63) is 0 Å². The van der Waals surface area contributed by atoms with E-state index in [4.69, 9.17) is 9.84 Å². The van der Waals surface area contributed by atoms with E-state index in [0.29, 0.717) is 32.0 Å². The highest BCUT2D eigenvalue weighted by Gasteiger charge is 2.09. The molecular formula is C13H26N2O4. The average Bonchev–Trinajstić information content (AvgIpc) is 2.38. The van der Waals surface area contributed by atoms with Crippen molar-refractivity contribution >= 4 is 12.0 Å². The van der Waals surface area contributed by atoms with Gasteiger partial charge in [0.2, 0.25) is 0 Å². The van der Waals surface area contributed by atoms with Gasteiger partial charge in [0.05, 0.1) is 0 Å². The van der Waals surface area contributed by atoms with E-state index in [1.54, 1.807) is 7.11 Å². The predicted molar refractivity (Wildman–Crippen MR) is 73.2 cm³/mol. The fourth-order valence-corrected chi connectivity index (χ4v) is 1.75. The van der Waals surface area contributed by atoms with Crippen LogP contribution in [0.2, 0.25) is 0 Å². The predicted octanol–water partition coefficient (Wildman–Crippen LogP) is 1.60. The van der Waals surface area contributed by atoms with Gasteiger partial charge in [-0.25, -0.2) is 4.79 Å². The summed E-state index contributed by atoms with van der Waals surface area (Å²) >= 11 is 0. The second kappa shape index (κ2) is 11.8. The molecule has 6 nitrogen and oxygen atoms in total. The Labute approximate surface area is 114 Å². The van der Waals surface area contributed by atoms with Crippen molar-refractivity contribution in [2.45, 2.75) is 39.0 Å². The van der Waals surface area contributed by atoms with Gasteiger partial charge < -0.3 is 20.5 Å². The van der Waals surface area contributed by atoms with Crippen molar-refractivity contribution in [3.8, 4) is 0 Å². The summed E-state index contributed by atoms with van der Waals surface area (Å²) < 4.78 is 4.88. The highest BCUT2D eigenvalue weighted by atomic mass is 16.5. The number of rotatable bonds is 11. The molecule has 1 unspecified atom stereocenters. The van der Waals surface area contributed by atoms with Gasteiger partial charge in [0.25, 0.3) is 0 Å². The number of carbonyl (C=O) groups excluding carboxylic acids is 1. The first-order valence-corrected chi connectivity index (χ1v) is 6.82. The van der Waals surface area contributed by atoms with Gasteiger partial charge in [0, 0.05) is 33.2 Å². The van der Waals surface area contributed by atoms with E-state index >= 15 is 0 Å². The monoisotopic (exact) mass is 274 g/mol. The van der Waals surface area contributed by atoms with Crippen molar-refractivity contribution in [2.24, 2.45) is 5.92 Å². The largest absolute Gasteiger partial charge is 0.481 e. The van der Waals surface area contributed by atoms with Gasteiger partial charge in [-0.2, -0.15) is 0 Å². The molecule has 0 bridgehead atoms. The summed E-state index contributed by atoms with van der Waals surface area (Å²) in [6.45, 7) is 3.84. The Balaban J connectivity index is 3.57. The van der Waals surface area contributed by atoms with Gasteiger partial charge in [-0.05, 0) is 25.2 Å². The van der Waals surface area contributed by atoms with E-state index in [1.165, 1.54) is 0 Å². The molecule has 0 aliphatic heterocycles. The Kier molecular flexibility index (Phi) is 11.0. The number of carboxylic acids is 1. The van der Waals surface area contributed by atoms with Crippen LogP contribution in [0.1, 0.15) is 39.0 Å². The molecule has 0 saturated carbocycles. The number of carboxylic acid groups (broad SMARTS) is 1. The molecule has 19 heavy (non-hydrogen) atoms. The standard InChI is InChI=1S/C13H26N2O4/c1-3-11(5-6-12(16)17)7-9-15-13(18)14-8-4-10-19-2/h11H,3-10H2,1-2H3,(H,16,17)(H2,14,15,18). The van der Waals surface area contributed by atoms with Crippen molar-refractivity contribution in [2.75, 3.05) is 26.8 Å². The van der Waals surface area contributed by atoms with Crippen LogP contribution in [-0.4, -0.2) is 43.9 Å². The van der Waals surface area contributed by atoms with Gasteiger partial charge in [-0.1, -0.05) is 13.3 Å². The molecule has 0 fully saturated rings. The molecule has 0 saturated heterocycles. The molecule has 0 aliphatic rings. The van der Waals surface area contributed by atoms with Crippen molar-refractivity contribution in [3.63, 3.8) is 0 Å². The number of nitrogens with one attached hydrogen (secondary N) is 2. The topological polar surface area (TPSA) is 87.7 Å². The van der Waals surface area contributed by atoms with Gasteiger partial charge in [-0.15, -0.1) is 0 Å². The maximum Gasteiger partial charge on any atom is 0.314 e. The molecule has 0 spiro atoms. The van der Waals surface area contributed by atoms with Gasteiger partial charge >= 0.3 is 12.0 Å². The first kappa shape index (κ1) is 17.7. The van der Waals surface area contributed by atoms with Gasteiger partial charge in [0.1, 0.15) is 0 Å². The second-order valence-corrected chi connectivity index (χ2v) is 4.52. The molecule has 0 heterocycles. The minimum absolute atomic E-state index is 0.177. The average molecular weight is 274 g/mol. The molecule has 3 N–H and O–H groups in total. The highest BCUT2D eigenvalue weighted by Crippen LogP contribution is 2.14. The van der Waals surface area contributed by atoms with Crippen LogP contribution in [-0.2, 0) is 9.53 Å². The fourth-order valence-electron chi connectivity index (χ4n) is 1.75. The molecule has 2 amide bonds. The van der Waals surface area contributed by atoms with E-state index in [-0.39, 0.29) is 12.5 Å². The van der Waals surface area contributed by atoms with Gasteiger partial charge in [-0.3, -0.25) is 4.79 Å². The maximum absolute atomic E-state index is 11.4. The van der Waals surface area contributed by atoms with Crippen LogP contribution in [0.15, 0.2) is 0 Å². The summed E-state index contributed by atoms with van der Waals surface area (Å²) in [7, 11) is 1.63. The zero-order chi connectivity index (χ0) is 14.5. The van der Waals surface area contributed by atoms with Crippen LogP contribution >= 0.6 is 0 Å². The number of hydrogen-bond donors (Lipinski definition) is 3. The summed E-state index contributed by atoms with van der Waals surface area (Å²) in [5.74, 6) is -0.410. The highest BCUT2D eigenvalue weighted by molar-refractivity contribution is 5.73.